The molecule has 0 fully saturated rings. The second-order valence-electron chi connectivity index (χ2n) is 5.43. The van der Waals surface area contributed by atoms with Crippen LogP contribution < -0.4 is 0 Å². The zero-order chi connectivity index (χ0) is 16.4. The van der Waals surface area contributed by atoms with Gasteiger partial charge in [0.1, 0.15) is 0 Å². The van der Waals surface area contributed by atoms with Gasteiger partial charge in [-0.25, -0.2) is 4.98 Å². The molecule has 2 heterocycles. The minimum Gasteiger partial charge on any atom is -0.241 e. The largest absolute Gasteiger partial charge is 0.241 e. The number of nitrogens with zero attached hydrogens (tertiary/aromatic N) is 5. The minimum atomic E-state index is 0.659. The van der Waals surface area contributed by atoms with Crippen LogP contribution in [0.3, 0.4) is 0 Å². The third kappa shape index (κ3) is 2.88. The molecule has 118 valence electrons. The third-order valence-electron chi connectivity index (χ3n) is 3.78. The van der Waals surface area contributed by atoms with Crippen LogP contribution in [0.5, 0.6) is 0 Å². The van der Waals surface area contributed by atoms with Crippen LogP contribution in [-0.2, 0) is 5.75 Å². The van der Waals surface area contributed by atoms with E-state index >= 15 is 0 Å². The standard InChI is InChI=1S/C18H15N5S/c1-13-11-18(19-16-10-6-5-9-15(13)16)24-12-17-20-21-22-23(17)14-7-3-2-4-8-14/h2-11H,12H2,1H3. The Labute approximate surface area is 143 Å². The van der Waals surface area contributed by atoms with E-state index in [0.29, 0.717) is 5.75 Å². The predicted molar refractivity (Wildman–Crippen MR) is 95.2 cm³/mol. The van der Waals surface area contributed by atoms with Gasteiger partial charge in [0.2, 0.25) is 0 Å². The van der Waals surface area contributed by atoms with Crippen LogP contribution in [0, 0.1) is 6.92 Å². The third-order valence-corrected chi connectivity index (χ3v) is 4.69. The van der Waals surface area contributed by atoms with Crippen LogP contribution in [0.2, 0.25) is 0 Å². The van der Waals surface area contributed by atoms with Gasteiger partial charge in [-0.3, -0.25) is 0 Å². The van der Waals surface area contributed by atoms with Crippen molar-refractivity contribution in [3.8, 4) is 5.69 Å². The molecule has 4 aromatic rings. The predicted octanol–water partition coefficient (Wildman–Crippen LogP) is 3.81. The van der Waals surface area contributed by atoms with Crippen molar-refractivity contribution in [1.82, 2.24) is 25.2 Å². The van der Waals surface area contributed by atoms with Gasteiger partial charge in [-0.2, -0.15) is 4.68 Å². The monoisotopic (exact) mass is 333 g/mol. The number of aromatic nitrogens is 5. The maximum absolute atomic E-state index is 4.72. The zero-order valence-electron chi connectivity index (χ0n) is 13.1. The molecule has 0 unspecified atom stereocenters. The summed E-state index contributed by atoms with van der Waals surface area (Å²) in [5.74, 6) is 1.46. The molecule has 0 N–H and O–H groups in total. The number of thioether (sulfide) groups is 1. The lowest BCUT2D eigenvalue weighted by atomic mass is 10.1. The maximum atomic E-state index is 4.72. The summed E-state index contributed by atoms with van der Waals surface area (Å²) in [5.41, 5.74) is 3.20. The second kappa shape index (κ2) is 6.41. The minimum absolute atomic E-state index is 0.659. The molecule has 0 saturated carbocycles. The van der Waals surface area contributed by atoms with Gasteiger partial charge in [0.15, 0.2) is 5.82 Å². The first kappa shape index (κ1) is 14.8. The molecule has 0 radical (unpaired) electrons. The summed E-state index contributed by atoms with van der Waals surface area (Å²) >= 11 is 1.64. The first-order valence-corrected chi connectivity index (χ1v) is 8.62. The van der Waals surface area contributed by atoms with Gasteiger partial charge >= 0.3 is 0 Å². The fourth-order valence-electron chi connectivity index (χ4n) is 2.60. The Balaban J connectivity index is 1.59. The van der Waals surface area contributed by atoms with Crippen LogP contribution in [0.4, 0.5) is 0 Å². The number of fused-ring (bicyclic) bond motifs is 1. The molecule has 2 aromatic carbocycles. The number of hydrogen-bond donors (Lipinski definition) is 0. The topological polar surface area (TPSA) is 56.5 Å². The van der Waals surface area contributed by atoms with Crippen molar-refractivity contribution in [2.24, 2.45) is 0 Å². The Hall–Kier alpha value is -2.73. The number of hydrogen-bond acceptors (Lipinski definition) is 5. The Kier molecular flexibility index (Phi) is 3.96. The fraction of sp³-hybridized carbons (Fsp3) is 0.111. The molecule has 2 aromatic heterocycles. The van der Waals surface area contributed by atoms with Crippen LogP contribution in [-0.4, -0.2) is 25.2 Å². The molecule has 5 nitrogen and oxygen atoms in total. The van der Waals surface area contributed by atoms with Crippen molar-refractivity contribution in [2.75, 3.05) is 0 Å². The van der Waals surface area contributed by atoms with E-state index in [-0.39, 0.29) is 0 Å². The summed E-state index contributed by atoms with van der Waals surface area (Å²) in [7, 11) is 0. The van der Waals surface area contributed by atoms with Gasteiger partial charge in [-0.1, -0.05) is 48.2 Å². The molecule has 6 heteroatoms. The fourth-order valence-corrected chi connectivity index (χ4v) is 3.48. The normalized spacial score (nSPS) is 11.0. The van der Waals surface area contributed by atoms with Gasteiger partial charge in [-0.05, 0) is 47.2 Å². The molecule has 0 aliphatic carbocycles. The average Bonchev–Trinajstić information content (AvgIpc) is 3.09. The van der Waals surface area contributed by atoms with Crippen LogP contribution >= 0.6 is 11.8 Å². The van der Waals surface area contributed by atoms with E-state index in [2.05, 4.69) is 34.6 Å². The highest BCUT2D eigenvalue weighted by Crippen LogP contribution is 2.26. The van der Waals surface area contributed by atoms with Gasteiger partial charge in [0, 0.05) is 5.39 Å². The molecule has 0 aliphatic rings. The molecule has 24 heavy (non-hydrogen) atoms. The van der Waals surface area contributed by atoms with Crippen molar-refractivity contribution >= 4 is 22.7 Å². The quantitative estimate of drug-likeness (QED) is 0.532. The van der Waals surface area contributed by atoms with Crippen molar-refractivity contribution in [1.29, 1.82) is 0 Å². The first-order chi connectivity index (χ1) is 11.8. The van der Waals surface area contributed by atoms with E-state index in [9.17, 15) is 0 Å². The lowest BCUT2D eigenvalue weighted by molar-refractivity contribution is 0.777. The number of aryl methyl sites for hydroxylation is 1. The molecular weight excluding hydrogens is 318 g/mol. The first-order valence-electron chi connectivity index (χ1n) is 7.63. The van der Waals surface area contributed by atoms with Crippen molar-refractivity contribution in [3.05, 3.63) is 72.1 Å². The van der Waals surface area contributed by atoms with Crippen molar-refractivity contribution in [2.45, 2.75) is 17.7 Å². The maximum Gasteiger partial charge on any atom is 0.166 e. The molecule has 0 spiro atoms. The number of rotatable bonds is 4. The van der Waals surface area contributed by atoms with E-state index in [1.54, 1.807) is 16.4 Å². The highest BCUT2D eigenvalue weighted by molar-refractivity contribution is 7.98. The number of tetrazole rings is 1. The van der Waals surface area contributed by atoms with Gasteiger partial charge < -0.3 is 0 Å². The Bertz CT molecular complexity index is 981. The van der Waals surface area contributed by atoms with Gasteiger partial charge in [-0.15, -0.1) is 5.10 Å². The van der Waals surface area contributed by atoms with E-state index in [0.717, 1.165) is 22.1 Å². The highest BCUT2D eigenvalue weighted by Gasteiger charge is 2.10. The average molecular weight is 333 g/mol. The summed E-state index contributed by atoms with van der Waals surface area (Å²) in [6.07, 6.45) is 0. The van der Waals surface area contributed by atoms with Gasteiger partial charge in [0.05, 0.1) is 22.0 Å². The summed E-state index contributed by atoms with van der Waals surface area (Å²) in [6, 6.07) is 20.2. The zero-order valence-corrected chi connectivity index (χ0v) is 13.9. The highest BCUT2D eigenvalue weighted by atomic mass is 32.2. The molecule has 0 amide bonds. The van der Waals surface area contributed by atoms with Crippen LogP contribution in [0.15, 0.2) is 65.7 Å². The number of pyridine rings is 1. The molecule has 0 aliphatic heterocycles. The Morgan fingerprint density at radius 3 is 2.67 bits per heavy atom. The van der Waals surface area contributed by atoms with Crippen molar-refractivity contribution < 1.29 is 0 Å². The summed E-state index contributed by atoms with van der Waals surface area (Å²) in [5, 5.41) is 14.2. The molecule has 0 atom stereocenters. The lowest BCUT2D eigenvalue weighted by Crippen LogP contribution is -2.02. The molecule has 0 bridgehead atoms. The van der Waals surface area contributed by atoms with E-state index in [1.165, 1.54) is 10.9 Å². The SMILES string of the molecule is Cc1cc(SCc2nnnn2-c2ccccc2)nc2ccccc12. The number of para-hydroxylation sites is 2. The molecule has 0 saturated heterocycles. The van der Waals surface area contributed by atoms with E-state index in [1.807, 2.05) is 48.5 Å². The van der Waals surface area contributed by atoms with Crippen molar-refractivity contribution in [3.63, 3.8) is 0 Å². The van der Waals surface area contributed by atoms with Crippen LogP contribution in [0.1, 0.15) is 11.4 Å². The smallest absolute Gasteiger partial charge is 0.166 e. The van der Waals surface area contributed by atoms with E-state index in [4.69, 9.17) is 4.98 Å². The summed E-state index contributed by atoms with van der Waals surface area (Å²) < 4.78 is 1.76. The second-order valence-corrected chi connectivity index (χ2v) is 6.42. The Morgan fingerprint density at radius 2 is 1.79 bits per heavy atom. The molecule has 4 rings (SSSR count). The van der Waals surface area contributed by atoms with Gasteiger partial charge in [0.25, 0.3) is 0 Å². The Morgan fingerprint density at radius 1 is 1.00 bits per heavy atom. The van der Waals surface area contributed by atoms with E-state index < -0.39 is 0 Å². The van der Waals surface area contributed by atoms with Crippen LogP contribution in [0.25, 0.3) is 16.6 Å². The molecular formula is C18H15N5S. The summed E-state index contributed by atoms with van der Waals surface area (Å²) in [4.78, 5) is 4.72. The summed E-state index contributed by atoms with van der Waals surface area (Å²) in [6.45, 7) is 2.11. The number of benzene rings is 2. The lowest BCUT2D eigenvalue weighted by Gasteiger charge is -2.07.